The Balaban J connectivity index is 1.84. The molecule has 1 aliphatic heterocycles. The van der Waals surface area contributed by atoms with Crippen molar-refractivity contribution >= 4 is 23.2 Å². The van der Waals surface area contributed by atoms with Crippen LogP contribution in [0.1, 0.15) is 33.6 Å². The van der Waals surface area contributed by atoms with Crippen molar-refractivity contribution in [2.24, 2.45) is 0 Å². The van der Waals surface area contributed by atoms with Crippen LogP contribution < -0.4 is 10.2 Å². The Morgan fingerprint density at radius 3 is 2.31 bits per heavy atom. The van der Waals surface area contributed by atoms with E-state index in [1.807, 2.05) is 26.0 Å². The molecule has 1 unspecified atom stereocenters. The molecule has 1 heterocycles. The number of likely N-dealkylation sites (N-methyl/N-ethyl adjacent to an activating group) is 1. The molecule has 0 radical (unpaired) electrons. The number of amides is 2. The van der Waals surface area contributed by atoms with E-state index in [0.29, 0.717) is 13.0 Å². The second-order valence-electron chi connectivity index (χ2n) is 7.11. The monoisotopic (exact) mass is 360 g/mol. The van der Waals surface area contributed by atoms with E-state index in [2.05, 4.69) is 34.3 Å². The summed E-state index contributed by atoms with van der Waals surface area (Å²) in [5.74, 6) is -0.0458. The van der Waals surface area contributed by atoms with Crippen LogP contribution in [0.15, 0.2) is 24.3 Å². The van der Waals surface area contributed by atoms with Gasteiger partial charge in [-0.15, -0.1) is 0 Å². The van der Waals surface area contributed by atoms with Crippen molar-refractivity contribution in [1.29, 1.82) is 0 Å². The topological polar surface area (TPSA) is 55.9 Å². The van der Waals surface area contributed by atoms with E-state index in [1.54, 1.807) is 11.8 Å². The lowest BCUT2D eigenvalue weighted by Crippen LogP contribution is -2.44. The third-order valence-electron chi connectivity index (χ3n) is 5.13. The van der Waals surface area contributed by atoms with E-state index in [-0.39, 0.29) is 17.9 Å². The maximum Gasteiger partial charge on any atom is 0.226 e. The first-order valence-electron chi connectivity index (χ1n) is 9.51. The van der Waals surface area contributed by atoms with Crippen molar-refractivity contribution in [2.45, 2.75) is 39.7 Å². The number of anilines is 2. The Labute approximate surface area is 157 Å². The Morgan fingerprint density at radius 2 is 1.77 bits per heavy atom. The van der Waals surface area contributed by atoms with Gasteiger partial charge in [-0.05, 0) is 44.7 Å². The SMILES string of the molecule is CCC(C)N(CCC(=O)Nc1ccc(N2CCN(C)CC2)cc1)C(C)=O. The average Bonchev–Trinajstić information content (AvgIpc) is 2.62. The van der Waals surface area contributed by atoms with Crippen LogP contribution in [0.25, 0.3) is 0 Å². The Kier molecular flexibility index (Phi) is 7.45. The lowest BCUT2D eigenvalue weighted by Gasteiger charge is -2.34. The molecule has 0 aliphatic carbocycles. The number of rotatable bonds is 7. The van der Waals surface area contributed by atoms with Crippen molar-refractivity contribution in [1.82, 2.24) is 9.80 Å². The van der Waals surface area contributed by atoms with Crippen LogP contribution in [0.5, 0.6) is 0 Å². The Bertz CT molecular complexity index is 594. The van der Waals surface area contributed by atoms with Gasteiger partial charge in [0.05, 0.1) is 0 Å². The molecule has 0 saturated carbocycles. The molecule has 0 aromatic heterocycles. The second kappa shape index (κ2) is 9.57. The molecule has 1 fully saturated rings. The van der Waals surface area contributed by atoms with Gasteiger partial charge in [-0.1, -0.05) is 6.92 Å². The molecular formula is C20H32N4O2. The fraction of sp³-hybridized carbons (Fsp3) is 0.600. The Morgan fingerprint density at radius 1 is 1.15 bits per heavy atom. The van der Waals surface area contributed by atoms with Gasteiger partial charge >= 0.3 is 0 Å². The highest BCUT2D eigenvalue weighted by molar-refractivity contribution is 5.91. The maximum absolute atomic E-state index is 12.2. The predicted molar refractivity (Wildman–Crippen MR) is 107 cm³/mol. The van der Waals surface area contributed by atoms with Gasteiger partial charge in [-0.25, -0.2) is 0 Å². The van der Waals surface area contributed by atoms with Crippen LogP contribution in [-0.2, 0) is 9.59 Å². The first-order chi connectivity index (χ1) is 12.4. The molecule has 0 bridgehead atoms. The number of hydrogen-bond acceptors (Lipinski definition) is 4. The van der Waals surface area contributed by atoms with E-state index >= 15 is 0 Å². The number of nitrogens with one attached hydrogen (secondary N) is 1. The number of benzene rings is 1. The standard InChI is InChI=1S/C20H32N4O2/c1-5-16(2)24(17(3)25)11-10-20(26)21-18-6-8-19(9-7-18)23-14-12-22(4)13-15-23/h6-9,16H,5,10-15H2,1-4H3,(H,21,26). The lowest BCUT2D eigenvalue weighted by atomic mass is 10.2. The van der Waals surface area contributed by atoms with Crippen molar-refractivity contribution in [3.8, 4) is 0 Å². The molecule has 144 valence electrons. The zero-order chi connectivity index (χ0) is 19.1. The van der Waals surface area contributed by atoms with Crippen molar-refractivity contribution in [3.05, 3.63) is 24.3 Å². The summed E-state index contributed by atoms with van der Waals surface area (Å²) in [6.07, 6.45) is 1.19. The third-order valence-corrected chi connectivity index (χ3v) is 5.13. The number of nitrogens with zero attached hydrogens (tertiary/aromatic N) is 3. The summed E-state index contributed by atoms with van der Waals surface area (Å²) in [6.45, 7) is 10.3. The van der Waals surface area contributed by atoms with Gasteiger partial charge in [0.25, 0.3) is 0 Å². The fourth-order valence-corrected chi connectivity index (χ4v) is 3.17. The fourth-order valence-electron chi connectivity index (χ4n) is 3.17. The molecular weight excluding hydrogens is 328 g/mol. The molecule has 2 amide bonds. The third kappa shape index (κ3) is 5.73. The summed E-state index contributed by atoms with van der Waals surface area (Å²) in [7, 11) is 2.14. The molecule has 6 nitrogen and oxygen atoms in total. The highest BCUT2D eigenvalue weighted by Crippen LogP contribution is 2.19. The van der Waals surface area contributed by atoms with Gasteiger partial charge in [0.2, 0.25) is 11.8 Å². The van der Waals surface area contributed by atoms with Gasteiger partial charge in [-0.3, -0.25) is 9.59 Å². The van der Waals surface area contributed by atoms with Gasteiger partial charge in [0.1, 0.15) is 0 Å². The minimum absolute atomic E-state index is 0.0173. The van der Waals surface area contributed by atoms with Crippen LogP contribution in [0.4, 0.5) is 11.4 Å². The average molecular weight is 361 g/mol. The molecule has 1 aromatic carbocycles. The minimum Gasteiger partial charge on any atom is -0.369 e. The number of hydrogen-bond donors (Lipinski definition) is 1. The smallest absolute Gasteiger partial charge is 0.226 e. The molecule has 26 heavy (non-hydrogen) atoms. The lowest BCUT2D eigenvalue weighted by molar-refractivity contribution is -0.131. The minimum atomic E-state index is -0.0631. The number of piperazine rings is 1. The van der Waals surface area contributed by atoms with E-state index in [1.165, 1.54) is 5.69 Å². The van der Waals surface area contributed by atoms with Crippen molar-refractivity contribution in [3.63, 3.8) is 0 Å². The summed E-state index contributed by atoms with van der Waals surface area (Å²) in [5.41, 5.74) is 1.99. The predicted octanol–water partition coefficient (Wildman–Crippen LogP) is 2.41. The highest BCUT2D eigenvalue weighted by Gasteiger charge is 2.17. The summed E-state index contributed by atoms with van der Waals surface area (Å²) in [5, 5.41) is 2.93. The normalized spacial score (nSPS) is 16.2. The highest BCUT2D eigenvalue weighted by atomic mass is 16.2. The molecule has 0 spiro atoms. The van der Waals surface area contributed by atoms with Gasteiger partial charge in [-0.2, -0.15) is 0 Å². The molecule has 1 atom stereocenters. The van der Waals surface area contributed by atoms with Gasteiger partial charge < -0.3 is 20.0 Å². The molecule has 1 saturated heterocycles. The van der Waals surface area contributed by atoms with E-state index in [9.17, 15) is 9.59 Å². The summed E-state index contributed by atoms with van der Waals surface area (Å²) in [4.78, 5) is 30.4. The zero-order valence-electron chi connectivity index (χ0n) is 16.5. The summed E-state index contributed by atoms with van der Waals surface area (Å²) < 4.78 is 0. The van der Waals surface area contributed by atoms with Crippen LogP contribution in [0.3, 0.4) is 0 Å². The molecule has 1 aliphatic rings. The van der Waals surface area contributed by atoms with Crippen LogP contribution in [0.2, 0.25) is 0 Å². The molecule has 6 heteroatoms. The largest absolute Gasteiger partial charge is 0.369 e. The molecule has 1 aromatic rings. The molecule has 2 rings (SSSR count). The second-order valence-corrected chi connectivity index (χ2v) is 7.11. The summed E-state index contributed by atoms with van der Waals surface area (Å²) >= 11 is 0. The Hall–Kier alpha value is -2.08. The maximum atomic E-state index is 12.2. The van der Waals surface area contributed by atoms with E-state index < -0.39 is 0 Å². The molecule has 1 N–H and O–H groups in total. The van der Waals surface area contributed by atoms with E-state index in [4.69, 9.17) is 0 Å². The van der Waals surface area contributed by atoms with Crippen molar-refractivity contribution < 1.29 is 9.59 Å². The van der Waals surface area contributed by atoms with Crippen LogP contribution >= 0.6 is 0 Å². The summed E-state index contributed by atoms with van der Waals surface area (Å²) in [6, 6.07) is 8.17. The van der Waals surface area contributed by atoms with Gasteiger partial charge in [0.15, 0.2) is 0 Å². The quantitative estimate of drug-likeness (QED) is 0.811. The first-order valence-corrected chi connectivity index (χ1v) is 9.51. The number of carbonyl (C=O) groups is 2. The first kappa shape index (κ1) is 20.2. The van der Waals surface area contributed by atoms with Crippen LogP contribution in [0, 0.1) is 0 Å². The van der Waals surface area contributed by atoms with Crippen LogP contribution in [-0.4, -0.2) is 67.4 Å². The van der Waals surface area contributed by atoms with Gasteiger partial charge in [0, 0.05) is 63.5 Å². The number of carbonyl (C=O) groups excluding carboxylic acids is 2. The zero-order valence-corrected chi connectivity index (χ0v) is 16.5. The van der Waals surface area contributed by atoms with E-state index in [0.717, 1.165) is 38.3 Å². The van der Waals surface area contributed by atoms with Crippen molar-refractivity contribution in [2.75, 3.05) is 50.0 Å².